The third-order valence-electron chi connectivity index (χ3n) is 7.35. The van der Waals surface area contributed by atoms with Gasteiger partial charge in [0.25, 0.3) is 0 Å². The average molecular weight is 557 g/mol. The van der Waals surface area contributed by atoms with Crippen LogP contribution in [-0.2, 0) is 22.7 Å². The molecular formula is C35H38FO3P. The van der Waals surface area contributed by atoms with E-state index >= 15 is 0 Å². The number of aldehydes is 1. The van der Waals surface area contributed by atoms with Gasteiger partial charge in [0.2, 0.25) is 0 Å². The number of hydrogen-bond acceptors (Lipinski definition) is 3. The van der Waals surface area contributed by atoms with Gasteiger partial charge in [-0.2, -0.15) is 0 Å². The van der Waals surface area contributed by atoms with Crippen LogP contribution in [0.5, 0.6) is 5.75 Å². The first kappa shape index (κ1) is 29.6. The van der Waals surface area contributed by atoms with E-state index in [1.165, 1.54) is 28.8 Å². The van der Waals surface area contributed by atoms with Crippen LogP contribution in [0.4, 0.5) is 4.39 Å². The van der Waals surface area contributed by atoms with Crippen molar-refractivity contribution >= 4 is 20.2 Å². The molecule has 0 fully saturated rings. The van der Waals surface area contributed by atoms with Gasteiger partial charge in [-0.25, -0.2) is 4.39 Å². The van der Waals surface area contributed by atoms with Gasteiger partial charge in [0, 0.05) is 29.8 Å². The number of methoxy groups -OCH3 is 1. The van der Waals surface area contributed by atoms with Crippen LogP contribution in [-0.4, -0.2) is 20.2 Å². The molecule has 2 unspecified atom stereocenters. The van der Waals surface area contributed by atoms with Gasteiger partial charge in [-0.15, -0.1) is 0 Å². The van der Waals surface area contributed by atoms with Crippen LogP contribution in [0.2, 0.25) is 0 Å². The van der Waals surface area contributed by atoms with Crippen molar-refractivity contribution in [3.8, 4) is 5.75 Å². The summed E-state index contributed by atoms with van der Waals surface area (Å²) in [6, 6.07) is 30.0. The van der Waals surface area contributed by atoms with Crippen LogP contribution >= 0.6 is 8.58 Å². The largest absolute Gasteiger partial charge is 0.467 e. The molecule has 0 aromatic heterocycles. The first-order valence-electron chi connectivity index (χ1n) is 13.9. The molecule has 0 amide bonds. The van der Waals surface area contributed by atoms with Gasteiger partial charge in [-0.1, -0.05) is 108 Å². The molecule has 4 aromatic rings. The van der Waals surface area contributed by atoms with Gasteiger partial charge < -0.3 is 9.47 Å². The minimum atomic E-state index is -0.396. The van der Waals surface area contributed by atoms with Crippen molar-refractivity contribution in [2.75, 3.05) is 13.9 Å². The number of benzene rings is 4. The maximum atomic E-state index is 14.1. The van der Waals surface area contributed by atoms with Crippen molar-refractivity contribution < 1.29 is 18.7 Å². The van der Waals surface area contributed by atoms with E-state index in [1.807, 2.05) is 12.1 Å². The van der Waals surface area contributed by atoms with E-state index in [9.17, 15) is 9.18 Å². The van der Waals surface area contributed by atoms with E-state index in [4.69, 9.17) is 9.47 Å². The SMILES string of the molecule is CCCC(CC)(Pc1ccc(F)cc1C=O)c1cc(Cc2ccccc2)cc(Cc2ccccc2)c1OCOC. The van der Waals surface area contributed by atoms with Crippen molar-refractivity contribution in [2.24, 2.45) is 0 Å². The zero-order valence-corrected chi connectivity index (χ0v) is 24.6. The van der Waals surface area contributed by atoms with Crippen LogP contribution in [0.15, 0.2) is 91.0 Å². The summed E-state index contributed by atoms with van der Waals surface area (Å²) in [6.45, 7) is 4.53. The molecule has 0 saturated carbocycles. The van der Waals surface area contributed by atoms with E-state index in [2.05, 4.69) is 74.5 Å². The highest BCUT2D eigenvalue weighted by Crippen LogP contribution is 2.52. The fraction of sp³-hybridized carbons (Fsp3) is 0.286. The maximum Gasteiger partial charge on any atom is 0.188 e. The zero-order chi connectivity index (χ0) is 28.4. The average Bonchev–Trinajstić information content (AvgIpc) is 2.98. The minimum absolute atomic E-state index is 0.137. The monoisotopic (exact) mass is 556 g/mol. The highest BCUT2D eigenvalue weighted by atomic mass is 31.1. The second kappa shape index (κ2) is 14.3. The van der Waals surface area contributed by atoms with Gasteiger partial charge in [0.05, 0.1) is 0 Å². The molecule has 0 radical (unpaired) electrons. The predicted octanol–water partition coefficient (Wildman–Crippen LogP) is 8.21. The molecule has 4 rings (SSSR count). The Kier molecular flexibility index (Phi) is 10.6. The number of rotatable bonds is 14. The van der Waals surface area contributed by atoms with E-state index < -0.39 is 5.82 Å². The molecule has 4 aromatic carbocycles. The summed E-state index contributed by atoms with van der Waals surface area (Å²) in [4.78, 5) is 12.0. The molecule has 0 spiro atoms. The van der Waals surface area contributed by atoms with E-state index in [-0.39, 0.29) is 20.5 Å². The standard InChI is InChI=1S/C35H38FO3P/c1-4-18-35(5-2,40-33-17-16-31(36)23-30(33)24-37)32-22-28(19-26-12-8-6-9-13-26)21-29(34(32)39-25-38-3)20-27-14-10-7-11-15-27/h6-17,21-24,40H,4-5,18-20,25H2,1-3H3. The molecule has 0 aliphatic heterocycles. The molecule has 0 aliphatic carbocycles. The quantitative estimate of drug-likeness (QED) is 0.0892. The molecule has 40 heavy (non-hydrogen) atoms. The molecule has 0 N–H and O–H groups in total. The first-order chi connectivity index (χ1) is 19.5. The molecule has 208 valence electrons. The Balaban J connectivity index is 1.93. The summed E-state index contributed by atoms with van der Waals surface area (Å²) >= 11 is 0. The van der Waals surface area contributed by atoms with Crippen LogP contribution < -0.4 is 10.0 Å². The van der Waals surface area contributed by atoms with E-state index in [1.54, 1.807) is 13.2 Å². The summed E-state index contributed by atoms with van der Waals surface area (Å²) in [7, 11) is 1.90. The first-order valence-corrected chi connectivity index (χ1v) is 14.9. The van der Waals surface area contributed by atoms with Gasteiger partial charge in [-0.05, 0) is 59.0 Å². The zero-order valence-electron chi connectivity index (χ0n) is 23.6. The van der Waals surface area contributed by atoms with Gasteiger partial charge in [0.1, 0.15) is 11.6 Å². The second-order valence-corrected chi connectivity index (χ2v) is 11.9. The molecule has 2 atom stereocenters. The lowest BCUT2D eigenvalue weighted by Crippen LogP contribution is -2.26. The van der Waals surface area contributed by atoms with Crippen LogP contribution in [0.25, 0.3) is 0 Å². The third-order valence-corrected chi connectivity index (χ3v) is 9.42. The lowest BCUT2D eigenvalue weighted by Gasteiger charge is -2.36. The Morgan fingerprint density at radius 3 is 2.12 bits per heavy atom. The summed E-state index contributed by atoms with van der Waals surface area (Å²) in [6.07, 6.45) is 5.00. The number of carbonyl (C=O) groups excluding carboxylic acids is 1. The molecule has 0 saturated heterocycles. The number of carbonyl (C=O) groups is 1. The fourth-order valence-corrected chi connectivity index (χ4v) is 7.26. The van der Waals surface area contributed by atoms with Crippen LogP contribution in [0, 0.1) is 5.82 Å². The highest BCUT2D eigenvalue weighted by Gasteiger charge is 2.35. The summed E-state index contributed by atoms with van der Waals surface area (Å²) < 4.78 is 25.9. The van der Waals surface area contributed by atoms with Gasteiger partial charge in [0.15, 0.2) is 13.1 Å². The van der Waals surface area contributed by atoms with E-state index in [0.717, 1.165) is 60.6 Å². The summed E-state index contributed by atoms with van der Waals surface area (Å²) in [5.41, 5.74) is 6.32. The minimum Gasteiger partial charge on any atom is -0.467 e. The van der Waals surface area contributed by atoms with Crippen molar-refractivity contribution in [3.63, 3.8) is 0 Å². The topological polar surface area (TPSA) is 35.5 Å². The van der Waals surface area contributed by atoms with Crippen LogP contribution in [0.1, 0.15) is 71.3 Å². The molecular weight excluding hydrogens is 518 g/mol. The number of halogens is 1. The second-order valence-electron chi connectivity index (χ2n) is 10.2. The number of ether oxygens (including phenoxy) is 2. The number of hydrogen-bond donors (Lipinski definition) is 0. The predicted molar refractivity (Wildman–Crippen MR) is 164 cm³/mol. The van der Waals surface area contributed by atoms with Crippen LogP contribution in [0.3, 0.4) is 0 Å². The van der Waals surface area contributed by atoms with Crippen molar-refractivity contribution in [2.45, 2.75) is 51.1 Å². The highest BCUT2D eigenvalue weighted by molar-refractivity contribution is 7.48. The molecule has 0 bridgehead atoms. The van der Waals surface area contributed by atoms with Gasteiger partial charge in [-0.3, -0.25) is 4.79 Å². The molecule has 3 nitrogen and oxygen atoms in total. The fourth-order valence-electron chi connectivity index (χ4n) is 5.43. The Morgan fingerprint density at radius 2 is 1.52 bits per heavy atom. The van der Waals surface area contributed by atoms with Gasteiger partial charge >= 0.3 is 0 Å². The Hall–Kier alpha value is -3.33. The Morgan fingerprint density at radius 1 is 0.850 bits per heavy atom. The lowest BCUT2D eigenvalue weighted by molar-refractivity contribution is 0.0492. The summed E-state index contributed by atoms with van der Waals surface area (Å²) in [5, 5.41) is 0.577. The molecule has 0 aliphatic rings. The maximum absolute atomic E-state index is 14.1. The van der Waals surface area contributed by atoms with E-state index in [0.29, 0.717) is 5.56 Å². The normalized spacial score (nSPS) is 12.9. The van der Waals surface area contributed by atoms with Crippen molar-refractivity contribution in [3.05, 3.63) is 130 Å². The smallest absolute Gasteiger partial charge is 0.188 e. The Bertz CT molecular complexity index is 1390. The summed E-state index contributed by atoms with van der Waals surface area (Å²) in [5.74, 6) is 0.451. The molecule has 0 heterocycles. The third kappa shape index (κ3) is 7.24. The lowest BCUT2D eigenvalue weighted by atomic mass is 9.85. The Labute approximate surface area is 239 Å². The van der Waals surface area contributed by atoms with Crippen molar-refractivity contribution in [1.82, 2.24) is 0 Å². The molecule has 5 heteroatoms. The van der Waals surface area contributed by atoms with Crippen molar-refractivity contribution in [1.29, 1.82) is 0 Å².